The van der Waals surface area contributed by atoms with Crippen LogP contribution in [0.4, 0.5) is 5.69 Å². The highest BCUT2D eigenvalue weighted by Gasteiger charge is 2.12. The fourth-order valence-electron chi connectivity index (χ4n) is 2.20. The summed E-state index contributed by atoms with van der Waals surface area (Å²) in [5.74, 6) is 0. The first-order chi connectivity index (χ1) is 7.66. The van der Waals surface area contributed by atoms with Crippen molar-refractivity contribution in [2.45, 2.75) is 19.4 Å². The van der Waals surface area contributed by atoms with Crippen molar-refractivity contribution in [2.24, 2.45) is 0 Å². The van der Waals surface area contributed by atoms with Crippen LogP contribution in [0.5, 0.6) is 0 Å². The minimum atomic E-state index is 0.829. The number of hydrogen-bond donors (Lipinski definition) is 0. The largest absolute Gasteiger partial charge is 0.376 e. The number of rotatable bonds is 3. The molecule has 0 unspecified atom stereocenters. The Kier molecular flexibility index (Phi) is 3.72. The molecule has 3 heteroatoms. The zero-order chi connectivity index (χ0) is 11.5. The summed E-state index contributed by atoms with van der Waals surface area (Å²) in [6, 6.07) is 6.33. The molecule has 1 aromatic rings. The summed E-state index contributed by atoms with van der Waals surface area (Å²) in [7, 11) is 4.06. The van der Waals surface area contributed by atoms with Crippen molar-refractivity contribution >= 4 is 17.3 Å². The van der Waals surface area contributed by atoms with E-state index in [9.17, 15) is 0 Å². The molecule has 0 N–H and O–H groups in total. The van der Waals surface area contributed by atoms with Crippen LogP contribution >= 0.6 is 11.6 Å². The summed E-state index contributed by atoms with van der Waals surface area (Å²) in [6.45, 7) is 3.53. The van der Waals surface area contributed by atoms with Crippen molar-refractivity contribution in [2.75, 3.05) is 32.1 Å². The molecule has 0 radical (unpaired) electrons. The Bertz CT molecular complexity index is 357. The van der Waals surface area contributed by atoms with E-state index in [0.29, 0.717) is 0 Å². The Morgan fingerprint density at radius 3 is 2.56 bits per heavy atom. The molecular weight excluding hydrogens is 220 g/mol. The average Bonchev–Trinajstić information content (AvgIpc) is 2.73. The first-order valence-corrected chi connectivity index (χ1v) is 6.23. The van der Waals surface area contributed by atoms with Gasteiger partial charge >= 0.3 is 0 Å². The first-order valence-electron chi connectivity index (χ1n) is 5.85. The molecule has 1 aliphatic rings. The molecule has 1 saturated heterocycles. The van der Waals surface area contributed by atoms with Gasteiger partial charge in [-0.2, -0.15) is 0 Å². The van der Waals surface area contributed by atoms with Crippen molar-refractivity contribution in [3.8, 4) is 0 Å². The van der Waals surface area contributed by atoms with Crippen LogP contribution in [0.3, 0.4) is 0 Å². The SMILES string of the molecule is CN(C)c1cc(CN2CCCC2)ccc1Cl. The van der Waals surface area contributed by atoms with Crippen LogP contribution in [0, 0.1) is 0 Å². The van der Waals surface area contributed by atoms with Gasteiger partial charge in [-0.25, -0.2) is 0 Å². The summed E-state index contributed by atoms with van der Waals surface area (Å²) < 4.78 is 0. The van der Waals surface area contributed by atoms with Crippen LogP contribution in [0.15, 0.2) is 18.2 Å². The number of anilines is 1. The molecule has 1 heterocycles. The Morgan fingerprint density at radius 2 is 1.94 bits per heavy atom. The van der Waals surface area contributed by atoms with Gasteiger partial charge in [0.25, 0.3) is 0 Å². The Balaban J connectivity index is 2.12. The van der Waals surface area contributed by atoms with Gasteiger partial charge in [-0.15, -0.1) is 0 Å². The molecule has 1 fully saturated rings. The van der Waals surface area contributed by atoms with Crippen LogP contribution in [-0.2, 0) is 6.54 Å². The van der Waals surface area contributed by atoms with E-state index < -0.39 is 0 Å². The lowest BCUT2D eigenvalue weighted by molar-refractivity contribution is 0.331. The molecule has 1 aromatic carbocycles. The fraction of sp³-hybridized carbons (Fsp3) is 0.538. The maximum absolute atomic E-state index is 6.15. The van der Waals surface area contributed by atoms with Crippen molar-refractivity contribution < 1.29 is 0 Å². The van der Waals surface area contributed by atoms with Gasteiger partial charge in [0.1, 0.15) is 0 Å². The van der Waals surface area contributed by atoms with E-state index in [1.165, 1.54) is 31.5 Å². The third kappa shape index (κ3) is 2.69. The van der Waals surface area contributed by atoms with Gasteiger partial charge in [0, 0.05) is 20.6 Å². The monoisotopic (exact) mass is 238 g/mol. The van der Waals surface area contributed by atoms with Gasteiger partial charge in [0.2, 0.25) is 0 Å². The van der Waals surface area contributed by atoms with Crippen LogP contribution in [0.1, 0.15) is 18.4 Å². The topological polar surface area (TPSA) is 6.48 Å². The molecule has 2 rings (SSSR count). The molecule has 0 amide bonds. The number of hydrogen-bond acceptors (Lipinski definition) is 2. The molecule has 0 aliphatic carbocycles. The minimum absolute atomic E-state index is 0.829. The highest BCUT2D eigenvalue weighted by Crippen LogP contribution is 2.26. The van der Waals surface area contributed by atoms with Crippen LogP contribution < -0.4 is 4.90 Å². The fourth-order valence-corrected chi connectivity index (χ4v) is 2.48. The second-order valence-electron chi connectivity index (χ2n) is 4.66. The van der Waals surface area contributed by atoms with Crippen LogP contribution in [0.25, 0.3) is 0 Å². The molecule has 1 aliphatic heterocycles. The molecule has 88 valence electrons. The number of benzene rings is 1. The smallest absolute Gasteiger partial charge is 0.0639 e. The molecule has 16 heavy (non-hydrogen) atoms. The number of likely N-dealkylation sites (tertiary alicyclic amines) is 1. The van der Waals surface area contributed by atoms with Crippen LogP contribution in [0.2, 0.25) is 5.02 Å². The predicted octanol–water partition coefficient (Wildman–Crippen LogP) is 3.00. The van der Waals surface area contributed by atoms with Gasteiger partial charge in [-0.05, 0) is 43.6 Å². The quantitative estimate of drug-likeness (QED) is 0.799. The standard InChI is InChI=1S/C13H19ClN2/c1-15(2)13-9-11(5-6-12(13)14)10-16-7-3-4-8-16/h5-6,9H,3-4,7-8,10H2,1-2H3. The summed E-state index contributed by atoms with van der Waals surface area (Å²) in [5.41, 5.74) is 2.47. The van der Waals surface area contributed by atoms with Gasteiger partial charge in [0.05, 0.1) is 10.7 Å². The number of halogens is 1. The van der Waals surface area contributed by atoms with E-state index >= 15 is 0 Å². The summed E-state index contributed by atoms with van der Waals surface area (Å²) in [5, 5.41) is 0.829. The van der Waals surface area contributed by atoms with Gasteiger partial charge in [-0.3, -0.25) is 4.90 Å². The third-order valence-electron chi connectivity index (χ3n) is 3.10. The maximum Gasteiger partial charge on any atom is 0.0639 e. The van der Waals surface area contributed by atoms with E-state index in [1.54, 1.807) is 0 Å². The summed E-state index contributed by atoms with van der Waals surface area (Å²) in [6.07, 6.45) is 2.68. The van der Waals surface area contributed by atoms with E-state index in [-0.39, 0.29) is 0 Å². The van der Waals surface area contributed by atoms with Crippen molar-refractivity contribution in [3.63, 3.8) is 0 Å². The molecule has 0 bridgehead atoms. The minimum Gasteiger partial charge on any atom is -0.376 e. The van der Waals surface area contributed by atoms with E-state index in [1.807, 2.05) is 20.2 Å². The first kappa shape index (κ1) is 11.7. The Hall–Kier alpha value is -0.730. The summed E-state index contributed by atoms with van der Waals surface area (Å²) >= 11 is 6.15. The predicted molar refractivity (Wildman–Crippen MR) is 70.3 cm³/mol. The molecule has 0 aromatic heterocycles. The van der Waals surface area contributed by atoms with E-state index in [4.69, 9.17) is 11.6 Å². The summed E-state index contributed by atoms with van der Waals surface area (Å²) in [4.78, 5) is 4.57. The second-order valence-corrected chi connectivity index (χ2v) is 5.07. The lowest BCUT2D eigenvalue weighted by Gasteiger charge is -2.18. The zero-order valence-corrected chi connectivity index (χ0v) is 10.8. The highest BCUT2D eigenvalue weighted by molar-refractivity contribution is 6.33. The van der Waals surface area contributed by atoms with E-state index in [2.05, 4.69) is 21.9 Å². The molecule has 0 atom stereocenters. The van der Waals surface area contributed by atoms with Crippen molar-refractivity contribution in [1.82, 2.24) is 4.90 Å². The zero-order valence-electron chi connectivity index (χ0n) is 10.0. The lowest BCUT2D eigenvalue weighted by Crippen LogP contribution is -2.18. The van der Waals surface area contributed by atoms with Crippen molar-refractivity contribution in [3.05, 3.63) is 28.8 Å². The van der Waals surface area contributed by atoms with Crippen LogP contribution in [-0.4, -0.2) is 32.1 Å². The third-order valence-corrected chi connectivity index (χ3v) is 3.42. The molecule has 0 saturated carbocycles. The lowest BCUT2D eigenvalue weighted by atomic mass is 10.2. The molecular formula is C13H19ClN2. The highest BCUT2D eigenvalue weighted by atomic mass is 35.5. The van der Waals surface area contributed by atoms with Gasteiger partial charge < -0.3 is 4.90 Å². The van der Waals surface area contributed by atoms with Gasteiger partial charge in [-0.1, -0.05) is 17.7 Å². The Morgan fingerprint density at radius 1 is 1.25 bits per heavy atom. The number of nitrogens with zero attached hydrogens (tertiary/aromatic N) is 2. The van der Waals surface area contributed by atoms with Gasteiger partial charge in [0.15, 0.2) is 0 Å². The average molecular weight is 239 g/mol. The maximum atomic E-state index is 6.15. The molecule has 2 nitrogen and oxygen atoms in total. The molecule has 0 spiro atoms. The second kappa shape index (κ2) is 5.07. The Labute approximate surface area is 103 Å². The van der Waals surface area contributed by atoms with Crippen molar-refractivity contribution in [1.29, 1.82) is 0 Å². The van der Waals surface area contributed by atoms with E-state index in [0.717, 1.165) is 17.3 Å². The normalized spacial score (nSPS) is 16.7.